The lowest BCUT2D eigenvalue weighted by Gasteiger charge is -2.31. The minimum absolute atomic E-state index is 0.0251. The van der Waals surface area contributed by atoms with Crippen LogP contribution in [0, 0.1) is 5.92 Å². The van der Waals surface area contributed by atoms with E-state index in [2.05, 4.69) is 4.72 Å². The molecule has 0 saturated carbocycles. The number of hydrogen-bond donors (Lipinski definition) is 1. The number of ether oxygens (including phenoxy) is 1. The number of halogens is 1. The van der Waals surface area contributed by atoms with E-state index in [1.54, 1.807) is 20.8 Å². The van der Waals surface area contributed by atoms with E-state index in [1.807, 2.05) is 0 Å². The molecule has 0 bridgehead atoms. The predicted octanol–water partition coefficient (Wildman–Crippen LogP) is 2.44. The number of amides is 1. The van der Waals surface area contributed by atoms with E-state index in [4.69, 9.17) is 16.3 Å². The molecule has 0 aromatic heterocycles. The molecule has 1 heterocycles. The highest BCUT2D eigenvalue weighted by atomic mass is 35.5. The molecular weight excluding hydrogens is 392 g/mol. The van der Waals surface area contributed by atoms with E-state index in [9.17, 15) is 18.0 Å². The monoisotopic (exact) mass is 416 g/mol. The zero-order valence-electron chi connectivity index (χ0n) is 15.7. The molecule has 1 atom stereocenters. The van der Waals surface area contributed by atoms with Gasteiger partial charge in [0, 0.05) is 19.1 Å². The molecule has 9 heteroatoms. The number of nitrogens with one attached hydrogen (secondary N) is 1. The van der Waals surface area contributed by atoms with Gasteiger partial charge in [0.1, 0.15) is 0 Å². The molecule has 1 N–H and O–H groups in total. The molecule has 0 unspecified atom stereocenters. The normalized spacial score (nSPS) is 17.8. The van der Waals surface area contributed by atoms with E-state index < -0.39 is 15.9 Å². The summed E-state index contributed by atoms with van der Waals surface area (Å²) in [5, 5.41) is 0.168. The number of rotatable bonds is 6. The fourth-order valence-corrected chi connectivity index (χ4v) is 4.47. The van der Waals surface area contributed by atoms with Crippen molar-refractivity contribution in [2.45, 2.75) is 44.6 Å². The largest absolute Gasteiger partial charge is 0.466 e. The van der Waals surface area contributed by atoms with Crippen molar-refractivity contribution in [2.24, 2.45) is 5.92 Å². The van der Waals surface area contributed by atoms with Gasteiger partial charge in [0.05, 0.1) is 28.0 Å². The summed E-state index contributed by atoms with van der Waals surface area (Å²) >= 11 is 6.16. The lowest BCUT2D eigenvalue weighted by atomic mass is 9.97. The van der Waals surface area contributed by atoms with Crippen LogP contribution in [0.5, 0.6) is 0 Å². The molecular formula is C18H25ClN2O5S. The first-order chi connectivity index (χ1) is 12.7. The molecule has 1 saturated heterocycles. The van der Waals surface area contributed by atoms with Crippen LogP contribution in [0.4, 0.5) is 0 Å². The summed E-state index contributed by atoms with van der Waals surface area (Å²) in [6.45, 7) is 6.16. The number of piperidine rings is 1. The number of hydrogen-bond acceptors (Lipinski definition) is 5. The number of esters is 1. The first kappa shape index (κ1) is 21.7. The van der Waals surface area contributed by atoms with Crippen molar-refractivity contribution in [3.8, 4) is 0 Å². The first-order valence-corrected chi connectivity index (χ1v) is 10.8. The molecule has 1 aromatic carbocycles. The molecule has 1 amide bonds. The second kappa shape index (κ2) is 9.03. The van der Waals surface area contributed by atoms with Gasteiger partial charge in [-0.2, -0.15) is 0 Å². The van der Waals surface area contributed by atoms with Crippen LogP contribution in [-0.4, -0.2) is 50.9 Å². The Balaban J connectivity index is 2.25. The Kier molecular flexibility index (Phi) is 7.25. The summed E-state index contributed by atoms with van der Waals surface area (Å²) < 4.78 is 32.3. The summed E-state index contributed by atoms with van der Waals surface area (Å²) in [6.07, 6.45) is 1.32. The van der Waals surface area contributed by atoms with Crippen molar-refractivity contribution < 1.29 is 22.7 Å². The standard InChI is InChI=1S/C18H25ClN2O5S/c1-4-26-18(23)13-6-5-9-21(11-13)17(22)15-10-14(7-8-16(15)19)27(24,25)20-12(2)3/h7-8,10,12-13,20H,4-6,9,11H2,1-3H3/t13-/m1/s1. The van der Waals surface area contributed by atoms with E-state index in [0.717, 1.165) is 0 Å². The fourth-order valence-electron chi connectivity index (χ4n) is 3.00. The van der Waals surface area contributed by atoms with Crippen LogP contribution in [-0.2, 0) is 19.6 Å². The smallest absolute Gasteiger partial charge is 0.310 e. The number of carbonyl (C=O) groups excluding carboxylic acids is 2. The zero-order valence-corrected chi connectivity index (χ0v) is 17.3. The van der Waals surface area contributed by atoms with Crippen molar-refractivity contribution in [2.75, 3.05) is 19.7 Å². The summed E-state index contributed by atoms with van der Waals surface area (Å²) in [6, 6.07) is 3.76. The van der Waals surface area contributed by atoms with E-state index in [0.29, 0.717) is 19.4 Å². The number of benzene rings is 1. The maximum Gasteiger partial charge on any atom is 0.310 e. The summed E-state index contributed by atoms with van der Waals surface area (Å²) in [4.78, 5) is 26.4. The van der Waals surface area contributed by atoms with Crippen LogP contribution in [0.1, 0.15) is 44.0 Å². The minimum atomic E-state index is -3.75. The number of sulfonamides is 1. The average Bonchev–Trinajstić information content (AvgIpc) is 2.60. The van der Waals surface area contributed by atoms with Gasteiger partial charge in [0.25, 0.3) is 5.91 Å². The third-order valence-electron chi connectivity index (χ3n) is 4.20. The van der Waals surface area contributed by atoms with Crippen LogP contribution in [0.25, 0.3) is 0 Å². The molecule has 1 aliphatic heterocycles. The number of nitrogens with zero attached hydrogens (tertiary/aromatic N) is 1. The Morgan fingerprint density at radius 1 is 1.37 bits per heavy atom. The highest BCUT2D eigenvalue weighted by molar-refractivity contribution is 7.89. The lowest BCUT2D eigenvalue weighted by Crippen LogP contribution is -2.43. The molecule has 1 fully saturated rings. The van der Waals surface area contributed by atoms with E-state index in [-0.39, 0.29) is 46.6 Å². The first-order valence-electron chi connectivity index (χ1n) is 8.93. The topological polar surface area (TPSA) is 92.8 Å². The predicted molar refractivity (Wildman–Crippen MR) is 102 cm³/mol. The average molecular weight is 417 g/mol. The molecule has 1 aromatic rings. The van der Waals surface area contributed by atoms with Crippen molar-refractivity contribution in [3.63, 3.8) is 0 Å². The third-order valence-corrected chi connectivity index (χ3v) is 6.18. The maximum absolute atomic E-state index is 12.9. The zero-order chi connectivity index (χ0) is 20.2. The SMILES string of the molecule is CCOC(=O)[C@@H]1CCCN(C(=O)c2cc(S(=O)(=O)NC(C)C)ccc2Cl)C1. The van der Waals surface area contributed by atoms with E-state index >= 15 is 0 Å². The van der Waals surface area contributed by atoms with Gasteiger partial charge in [-0.3, -0.25) is 9.59 Å². The molecule has 27 heavy (non-hydrogen) atoms. The lowest BCUT2D eigenvalue weighted by molar-refractivity contribution is -0.149. The molecule has 150 valence electrons. The summed E-state index contributed by atoms with van der Waals surface area (Å²) in [5.74, 6) is -1.09. The quantitative estimate of drug-likeness (QED) is 0.719. The van der Waals surface area contributed by atoms with Gasteiger partial charge in [0.15, 0.2) is 0 Å². The third kappa shape index (κ3) is 5.43. The highest BCUT2D eigenvalue weighted by Crippen LogP contribution is 2.25. The second-order valence-electron chi connectivity index (χ2n) is 6.76. The fraction of sp³-hybridized carbons (Fsp3) is 0.556. The number of likely N-dealkylation sites (tertiary alicyclic amines) is 1. The van der Waals surface area contributed by atoms with Crippen molar-refractivity contribution in [1.82, 2.24) is 9.62 Å². The van der Waals surface area contributed by atoms with Gasteiger partial charge in [-0.25, -0.2) is 13.1 Å². The van der Waals surface area contributed by atoms with Gasteiger partial charge in [0.2, 0.25) is 10.0 Å². The summed E-state index contributed by atoms with van der Waals surface area (Å²) in [7, 11) is -3.75. The van der Waals surface area contributed by atoms with Crippen LogP contribution in [0.15, 0.2) is 23.1 Å². The van der Waals surface area contributed by atoms with Gasteiger partial charge < -0.3 is 9.64 Å². The van der Waals surface area contributed by atoms with Crippen LogP contribution < -0.4 is 4.72 Å². The molecule has 2 rings (SSSR count). The Morgan fingerprint density at radius 3 is 2.70 bits per heavy atom. The highest BCUT2D eigenvalue weighted by Gasteiger charge is 2.31. The van der Waals surface area contributed by atoms with Crippen molar-refractivity contribution in [1.29, 1.82) is 0 Å². The molecule has 1 aliphatic rings. The number of carbonyl (C=O) groups is 2. The Bertz CT molecular complexity index is 810. The van der Waals surface area contributed by atoms with Gasteiger partial charge in [-0.15, -0.1) is 0 Å². The Hall–Kier alpha value is -1.64. The van der Waals surface area contributed by atoms with Crippen LogP contribution in [0.2, 0.25) is 5.02 Å². The van der Waals surface area contributed by atoms with Gasteiger partial charge in [-0.05, 0) is 51.8 Å². The Labute approximate surface area is 165 Å². The second-order valence-corrected chi connectivity index (χ2v) is 8.88. The van der Waals surface area contributed by atoms with Crippen LogP contribution in [0.3, 0.4) is 0 Å². The van der Waals surface area contributed by atoms with Gasteiger partial charge in [-0.1, -0.05) is 11.6 Å². The Morgan fingerprint density at radius 2 is 2.07 bits per heavy atom. The van der Waals surface area contributed by atoms with Crippen molar-refractivity contribution >= 4 is 33.5 Å². The maximum atomic E-state index is 12.9. The molecule has 7 nitrogen and oxygen atoms in total. The molecule has 0 spiro atoms. The molecule has 0 radical (unpaired) electrons. The van der Waals surface area contributed by atoms with Gasteiger partial charge >= 0.3 is 5.97 Å². The minimum Gasteiger partial charge on any atom is -0.466 e. The van der Waals surface area contributed by atoms with E-state index in [1.165, 1.54) is 23.1 Å². The summed E-state index contributed by atoms with van der Waals surface area (Å²) in [5.41, 5.74) is 0.104. The van der Waals surface area contributed by atoms with Crippen LogP contribution >= 0.6 is 11.6 Å². The molecule has 0 aliphatic carbocycles. The van der Waals surface area contributed by atoms with Crippen molar-refractivity contribution in [3.05, 3.63) is 28.8 Å².